The average Bonchev–Trinajstić information content (AvgIpc) is 2.31. The van der Waals surface area contributed by atoms with Crippen LogP contribution in [0.1, 0.15) is 12.5 Å². The van der Waals surface area contributed by atoms with Crippen molar-refractivity contribution in [1.29, 1.82) is 0 Å². The fraction of sp³-hybridized carbons (Fsp3) is 0.0667. The third-order valence-corrected chi connectivity index (χ3v) is 3.14. The van der Waals surface area contributed by atoms with Crippen molar-refractivity contribution >= 4 is 17.8 Å². The van der Waals surface area contributed by atoms with Gasteiger partial charge in [-0.15, -0.1) is 0 Å². The van der Waals surface area contributed by atoms with Crippen LogP contribution in [0.2, 0.25) is 0 Å². The Balaban J connectivity index is 2.09. The highest BCUT2D eigenvalue weighted by Crippen LogP contribution is 2.27. The number of benzene rings is 2. The largest absolute Gasteiger partial charge is 0.0948 e. The number of thioether (sulfide) groups is 1. The summed E-state index contributed by atoms with van der Waals surface area (Å²) >= 11 is 1.80. The average molecular weight is 226 g/mol. The van der Waals surface area contributed by atoms with Crippen molar-refractivity contribution in [2.24, 2.45) is 0 Å². The highest BCUT2D eigenvalue weighted by molar-refractivity contribution is 8.03. The molecular formula is C15H14S. The number of hydrogen-bond acceptors (Lipinski definition) is 1. The smallest absolute Gasteiger partial charge is 0.0118 e. The van der Waals surface area contributed by atoms with Crippen LogP contribution >= 0.6 is 11.8 Å². The molecule has 0 radical (unpaired) electrons. The predicted octanol–water partition coefficient (Wildman–Crippen LogP) is 4.84. The maximum atomic E-state index is 2.21. The zero-order valence-electron chi connectivity index (χ0n) is 9.26. The van der Waals surface area contributed by atoms with Gasteiger partial charge in [-0.1, -0.05) is 60.3 Å². The van der Waals surface area contributed by atoms with E-state index in [9.17, 15) is 0 Å². The van der Waals surface area contributed by atoms with E-state index in [1.54, 1.807) is 11.8 Å². The molecule has 2 aromatic carbocycles. The minimum absolute atomic E-state index is 1.25. The fourth-order valence-electron chi connectivity index (χ4n) is 1.49. The molecule has 0 spiro atoms. The topological polar surface area (TPSA) is 0 Å². The SMILES string of the molecule is C/C(=C\c1ccccc1)Sc1ccccc1. The Labute approximate surface area is 101 Å². The Kier molecular flexibility index (Phi) is 3.84. The molecule has 0 fully saturated rings. The van der Waals surface area contributed by atoms with Gasteiger partial charge in [-0.3, -0.25) is 0 Å². The van der Waals surface area contributed by atoms with Crippen molar-refractivity contribution in [1.82, 2.24) is 0 Å². The molecule has 0 saturated carbocycles. The van der Waals surface area contributed by atoms with Crippen molar-refractivity contribution in [3.8, 4) is 0 Å². The predicted molar refractivity (Wildman–Crippen MR) is 72.4 cm³/mol. The molecule has 0 unspecified atom stereocenters. The summed E-state index contributed by atoms with van der Waals surface area (Å²) in [5.41, 5.74) is 1.25. The number of rotatable bonds is 3. The highest BCUT2D eigenvalue weighted by atomic mass is 32.2. The summed E-state index contributed by atoms with van der Waals surface area (Å²) in [4.78, 5) is 2.59. The third-order valence-electron chi connectivity index (χ3n) is 2.19. The maximum Gasteiger partial charge on any atom is 0.0118 e. The lowest BCUT2D eigenvalue weighted by atomic mass is 10.2. The molecule has 0 heterocycles. The van der Waals surface area contributed by atoms with Gasteiger partial charge >= 0.3 is 0 Å². The van der Waals surface area contributed by atoms with Gasteiger partial charge < -0.3 is 0 Å². The van der Waals surface area contributed by atoms with Crippen molar-refractivity contribution in [2.75, 3.05) is 0 Å². The van der Waals surface area contributed by atoms with Crippen molar-refractivity contribution in [3.63, 3.8) is 0 Å². The lowest BCUT2D eigenvalue weighted by Gasteiger charge is -2.01. The molecule has 0 aliphatic heterocycles. The van der Waals surface area contributed by atoms with E-state index in [2.05, 4.69) is 61.5 Å². The van der Waals surface area contributed by atoms with E-state index in [1.165, 1.54) is 15.4 Å². The second-order valence-electron chi connectivity index (χ2n) is 3.58. The molecule has 0 aliphatic rings. The first-order valence-electron chi connectivity index (χ1n) is 5.31. The van der Waals surface area contributed by atoms with Crippen LogP contribution in [0.15, 0.2) is 70.5 Å². The fourth-order valence-corrected chi connectivity index (χ4v) is 2.35. The molecule has 2 aromatic rings. The van der Waals surface area contributed by atoms with Gasteiger partial charge in [0.05, 0.1) is 0 Å². The van der Waals surface area contributed by atoms with Crippen molar-refractivity contribution in [2.45, 2.75) is 11.8 Å². The van der Waals surface area contributed by atoms with Gasteiger partial charge in [0.1, 0.15) is 0 Å². The molecule has 1 heteroatoms. The maximum absolute atomic E-state index is 2.21. The minimum Gasteiger partial charge on any atom is -0.0948 e. The van der Waals surface area contributed by atoms with E-state index in [4.69, 9.17) is 0 Å². The van der Waals surface area contributed by atoms with E-state index in [-0.39, 0.29) is 0 Å². The summed E-state index contributed by atoms with van der Waals surface area (Å²) in [5, 5.41) is 0. The van der Waals surface area contributed by atoms with Gasteiger partial charge in [0, 0.05) is 4.90 Å². The van der Waals surface area contributed by atoms with Crippen molar-refractivity contribution in [3.05, 3.63) is 71.1 Å². The first kappa shape index (κ1) is 11.0. The summed E-state index contributed by atoms with van der Waals surface area (Å²) in [6.07, 6.45) is 2.21. The first-order valence-corrected chi connectivity index (χ1v) is 6.12. The molecular weight excluding hydrogens is 212 g/mol. The molecule has 0 atom stereocenters. The second-order valence-corrected chi connectivity index (χ2v) is 4.90. The Bertz CT molecular complexity index is 457. The monoisotopic (exact) mass is 226 g/mol. The second kappa shape index (κ2) is 5.57. The van der Waals surface area contributed by atoms with Gasteiger partial charge in [0.2, 0.25) is 0 Å². The summed E-state index contributed by atoms with van der Waals surface area (Å²) in [6.45, 7) is 2.14. The summed E-state index contributed by atoms with van der Waals surface area (Å²) in [6, 6.07) is 20.8. The molecule has 2 rings (SSSR count). The van der Waals surface area contributed by atoms with Gasteiger partial charge in [-0.05, 0) is 35.6 Å². The molecule has 0 amide bonds. The first-order chi connectivity index (χ1) is 7.84. The zero-order chi connectivity index (χ0) is 11.2. The molecule has 0 saturated heterocycles. The van der Waals surface area contributed by atoms with Crippen LogP contribution in [0.25, 0.3) is 6.08 Å². The molecule has 0 N–H and O–H groups in total. The Morgan fingerprint density at radius 2 is 1.44 bits per heavy atom. The Morgan fingerprint density at radius 3 is 2.06 bits per heavy atom. The number of allylic oxidation sites excluding steroid dienone is 1. The summed E-state index contributed by atoms with van der Waals surface area (Å²) in [5.74, 6) is 0. The molecule has 0 nitrogen and oxygen atoms in total. The lowest BCUT2D eigenvalue weighted by molar-refractivity contribution is 1.46. The molecule has 16 heavy (non-hydrogen) atoms. The molecule has 0 bridgehead atoms. The van der Waals surface area contributed by atoms with E-state index < -0.39 is 0 Å². The van der Waals surface area contributed by atoms with Crippen LogP contribution in [0, 0.1) is 0 Å². The minimum atomic E-state index is 1.25. The van der Waals surface area contributed by atoms with Gasteiger partial charge in [0.25, 0.3) is 0 Å². The van der Waals surface area contributed by atoms with Crippen LogP contribution < -0.4 is 0 Å². The normalized spacial score (nSPS) is 11.4. The van der Waals surface area contributed by atoms with Gasteiger partial charge in [-0.2, -0.15) is 0 Å². The van der Waals surface area contributed by atoms with Gasteiger partial charge in [0.15, 0.2) is 0 Å². The quantitative estimate of drug-likeness (QED) is 0.675. The standard InChI is InChI=1S/C15H14S/c1-13(12-14-8-4-2-5-9-14)16-15-10-6-3-7-11-15/h2-12H,1H3/b13-12+. The lowest BCUT2D eigenvalue weighted by Crippen LogP contribution is -1.73. The molecule has 0 aliphatic carbocycles. The van der Waals surface area contributed by atoms with E-state index in [0.29, 0.717) is 0 Å². The highest BCUT2D eigenvalue weighted by Gasteiger charge is 1.94. The summed E-state index contributed by atoms with van der Waals surface area (Å²) in [7, 11) is 0. The van der Waals surface area contributed by atoms with Crippen LogP contribution in [0.3, 0.4) is 0 Å². The summed E-state index contributed by atoms with van der Waals surface area (Å²) < 4.78 is 0. The van der Waals surface area contributed by atoms with Crippen LogP contribution in [-0.4, -0.2) is 0 Å². The number of hydrogen-bond donors (Lipinski definition) is 0. The van der Waals surface area contributed by atoms with E-state index in [1.807, 2.05) is 12.1 Å². The Morgan fingerprint density at radius 1 is 0.875 bits per heavy atom. The van der Waals surface area contributed by atoms with Crippen LogP contribution in [0.5, 0.6) is 0 Å². The van der Waals surface area contributed by atoms with Crippen molar-refractivity contribution < 1.29 is 0 Å². The zero-order valence-corrected chi connectivity index (χ0v) is 10.1. The van der Waals surface area contributed by atoms with Crippen LogP contribution in [-0.2, 0) is 0 Å². The van der Waals surface area contributed by atoms with E-state index >= 15 is 0 Å². The van der Waals surface area contributed by atoms with Crippen LogP contribution in [0.4, 0.5) is 0 Å². The molecule has 0 aromatic heterocycles. The van der Waals surface area contributed by atoms with E-state index in [0.717, 1.165) is 0 Å². The van der Waals surface area contributed by atoms with Gasteiger partial charge in [-0.25, -0.2) is 0 Å². The Hall–Kier alpha value is -1.47. The molecule has 80 valence electrons. The third kappa shape index (κ3) is 3.28.